The summed E-state index contributed by atoms with van der Waals surface area (Å²) in [4.78, 5) is 5.49. The minimum absolute atomic E-state index is 1.00. The second-order valence-electron chi connectivity index (χ2n) is 4.83. The zero-order valence-corrected chi connectivity index (χ0v) is 14.4. The molecule has 2 aromatic carbocycles. The Kier molecular flexibility index (Phi) is 5.52. The van der Waals surface area contributed by atoms with E-state index in [-0.39, 0.29) is 0 Å². The SMILES string of the molecule is S=C=NC1=C(c2ccc(-c3ccccc3)cc2)SCCCS1. The highest BCUT2D eigenvalue weighted by molar-refractivity contribution is 8.11. The van der Waals surface area contributed by atoms with E-state index in [2.05, 4.69) is 58.7 Å². The van der Waals surface area contributed by atoms with Gasteiger partial charge in [0.25, 0.3) is 0 Å². The molecule has 0 bridgehead atoms. The normalized spacial score (nSPS) is 15.1. The quantitative estimate of drug-likeness (QED) is 0.505. The number of benzene rings is 2. The van der Waals surface area contributed by atoms with Crippen molar-refractivity contribution in [2.24, 2.45) is 4.99 Å². The molecular formula is C18H15NS3. The Balaban J connectivity index is 1.95. The molecule has 0 saturated heterocycles. The molecule has 0 atom stereocenters. The minimum Gasteiger partial charge on any atom is -0.186 e. The van der Waals surface area contributed by atoms with Crippen molar-refractivity contribution < 1.29 is 0 Å². The van der Waals surface area contributed by atoms with Crippen molar-refractivity contribution in [3.63, 3.8) is 0 Å². The Labute approximate surface area is 144 Å². The molecule has 2 aromatic rings. The fourth-order valence-electron chi connectivity index (χ4n) is 2.31. The first-order valence-electron chi connectivity index (χ1n) is 7.12. The predicted octanol–water partition coefficient (Wildman–Crippen LogP) is 5.95. The van der Waals surface area contributed by atoms with Crippen LogP contribution in [-0.2, 0) is 0 Å². The highest BCUT2D eigenvalue weighted by Crippen LogP contribution is 2.40. The molecule has 0 radical (unpaired) electrons. The van der Waals surface area contributed by atoms with E-state index < -0.39 is 0 Å². The zero-order valence-electron chi connectivity index (χ0n) is 12.0. The van der Waals surface area contributed by atoms with Crippen LogP contribution < -0.4 is 0 Å². The molecule has 1 nitrogen and oxygen atoms in total. The summed E-state index contributed by atoms with van der Waals surface area (Å²) in [6, 6.07) is 19.1. The molecule has 4 heteroatoms. The van der Waals surface area contributed by atoms with Crippen LogP contribution in [0, 0.1) is 0 Å². The third kappa shape index (κ3) is 3.71. The van der Waals surface area contributed by atoms with Crippen LogP contribution in [0.25, 0.3) is 16.0 Å². The van der Waals surface area contributed by atoms with E-state index >= 15 is 0 Å². The second kappa shape index (κ2) is 7.80. The number of thioether (sulfide) groups is 2. The Morgan fingerprint density at radius 2 is 1.45 bits per heavy atom. The number of hydrogen-bond acceptors (Lipinski definition) is 4. The summed E-state index contributed by atoms with van der Waals surface area (Å²) in [5.74, 6) is 2.22. The van der Waals surface area contributed by atoms with Gasteiger partial charge in [0.1, 0.15) is 5.03 Å². The Morgan fingerprint density at radius 1 is 0.818 bits per heavy atom. The molecule has 1 aliphatic rings. The van der Waals surface area contributed by atoms with Gasteiger partial charge in [0.2, 0.25) is 0 Å². The number of nitrogens with zero attached hydrogens (tertiary/aromatic N) is 1. The summed E-state index contributed by atoms with van der Waals surface area (Å²) < 4.78 is 0. The molecule has 0 aromatic heterocycles. The Morgan fingerprint density at radius 3 is 2.18 bits per heavy atom. The van der Waals surface area contributed by atoms with Gasteiger partial charge < -0.3 is 0 Å². The van der Waals surface area contributed by atoms with Crippen LogP contribution >= 0.6 is 35.7 Å². The highest BCUT2D eigenvalue weighted by Gasteiger charge is 2.14. The summed E-state index contributed by atoms with van der Waals surface area (Å²) in [7, 11) is 0. The molecule has 110 valence electrons. The van der Waals surface area contributed by atoms with Crippen LogP contribution in [0.2, 0.25) is 0 Å². The first-order chi connectivity index (χ1) is 10.9. The van der Waals surface area contributed by atoms with E-state index in [0.29, 0.717) is 0 Å². The fourth-order valence-corrected chi connectivity index (χ4v) is 4.80. The van der Waals surface area contributed by atoms with Crippen molar-refractivity contribution in [3.8, 4) is 11.1 Å². The molecular weight excluding hydrogens is 326 g/mol. The maximum absolute atomic E-state index is 4.79. The molecule has 0 unspecified atom stereocenters. The van der Waals surface area contributed by atoms with Gasteiger partial charge in [-0.1, -0.05) is 54.6 Å². The maximum Gasteiger partial charge on any atom is 0.121 e. The molecule has 22 heavy (non-hydrogen) atoms. The number of isothiocyanates is 1. The van der Waals surface area contributed by atoms with Gasteiger partial charge in [-0.15, -0.1) is 23.5 Å². The summed E-state index contributed by atoms with van der Waals surface area (Å²) in [6.45, 7) is 0. The van der Waals surface area contributed by atoms with Crippen LogP contribution in [0.5, 0.6) is 0 Å². The summed E-state index contributed by atoms with van der Waals surface area (Å²) in [6.07, 6.45) is 1.19. The van der Waals surface area contributed by atoms with Gasteiger partial charge in [-0.3, -0.25) is 0 Å². The van der Waals surface area contributed by atoms with Crippen molar-refractivity contribution in [2.45, 2.75) is 6.42 Å². The van der Waals surface area contributed by atoms with Crippen molar-refractivity contribution in [1.29, 1.82) is 0 Å². The van der Waals surface area contributed by atoms with E-state index in [9.17, 15) is 0 Å². The van der Waals surface area contributed by atoms with Crippen LogP contribution in [0.3, 0.4) is 0 Å². The lowest BCUT2D eigenvalue weighted by Crippen LogP contribution is -1.85. The highest BCUT2D eigenvalue weighted by atomic mass is 32.2. The standard InChI is InChI=1S/C18H15NS3/c20-13-19-18-17(21-11-4-12-22-18)16-9-7-15(8-10-16)14-5-2-1-3-6-14/h1-3,5-10H,4,11-12H2. The van der Waals surface area contributed by atoms with Crippen molar-refractivity contribution >= 4 is 45.8 Å². The lowest BCUT2D eigenvalue weighted by atomic mass is 10.0. The van der Waals surface area contributed by atoms with Crippen LogP contribution in [-0.4, -0.2) is 16.7 Å². The third-order valence-electron chi connectivity index (χ3n) is 3.37. The van der Waals surface area contributed by atoms with E-state index in [0.717, 1.165) is 16.5 Å². The van der Waals surface area contributed by atoms with Gasteiger partial charge in [0.15, 0.2) is 0 Å². The van der Waals surface area contributed by atoms with Crippen LogP contribution in [0.1, 0.15) is 12.0 Å². The smallest absolute Gasteiger partial charge is 0.121 e. The van der Waals surface area contributed by atoms with Gasteiger partial charge in [-0.25, -0.2) is 0 Å². The van der Waals surface area contributed by atoms with E-state index in [4.69, 9.17) is 12.2 Å². The maximum atomic E-state index is 4.79. The summed E-state index contributed by atoms with van der Waals surface area (Å²) in [5, 5.41) is 3.52. The molecule has 0 spiro atoms. The largest absolute Gasteiger partial charge is 0.186 e. The van der Waals surface area contributed by atoms with Crippen LogP contribution in [0.15, 0.2) is 64.6 Å². The number of hydrogen-bond donors (Lipinski definition) is 0. The molecule has 3 rings (SSSR count). The van der Waals surface area contributed by atoms with Gasteiger partial charge in [-0.05, 0) is 41.1 Å². The molecule has 0 saturated carbocycles. The van der Waals surface area contributed by atoms with Gasteiger partial charge in [0, 0.05) is 10.7 Å². The minimum atomic E-state index is 1.00. The van der Waals surface area contributed by atoms with Crippen molar-refractivity contribution in [2.75, 3.05) is 11.5 Å². The van der Waals surface area contributed by atoms with Crippen molar-refractivity contribution in [3.05, 3.63) is 65.2 Å². The average molecular weight is 342 g/mol. The first kappa shape index (κ1) is 15.6. The molecule has 0 N–H and O–H groups in total. The molecule has 1 aliphatic heterocycles. The molecule has 0 fully saturated rings. The average Bonchev–Trinajstić information content (AvgIpc) is 2.82. The monoisotopic (exact) mass is 341 g/mol. The predicted molar refractivity (Wildman–Crippen MR) is 103 cm³/mol. The topological polar surface area (TPSA) is 12.4 Å². The van der Waals surface area contributed by atoms with Crippen LogP contribution in [0.4, 0.5) is 0 Å². The Bertz CT molecular complexity index is 714. The van der Waals surface area contributed by atoms with E-state index in [1.54, 1.807) is 11.8 Å². The summed E-state index contributed by atoms with van der Waals surface area (Å²) in [5.41, 5.74) is 3.68. The van der Waals surface area contributed by atoms with E-state index in [1.165, 1.54) is 28.0 Å². The van der Waals surface area contributed by atoms with Gasteiger partial charge >= 0.3 is 0 Å². The number of thiocarbonyl (C=S) groups is 1. The second-order valence-corrected chi connectivity index (χ2v) is 7.20. The lowest BCUT2D eigenvalue weighted by Gasteiger charge is -2.09. The molecule has 0 aliphatic carbocycles. The zero-order chi connectivity index (χ0) is 15.2. The third-order valence-corrected chi connectivity index (χ3v) is 5.86. The molecule has 1 heterocycles. The number of rotatable bonds is 3. The number of aliphatic imine (C=N–C) groups is 1. The van der Waals surface area contributed by atoms with Gasteiger partial charge in [-0.2, -0.15) is 4.99 Å². The Hall–Kier alpha value is -1.32. The lowest BCUT2D eigenvalue weighted by molar-refractivity contribution is 1.13. The summed E-state index contributed by atoms with van der Waals surface area (Å²) >= 11 is 8.43. The van der Waals surface area contributed by atoms with Crippen molar-refractivity contribution in [1.82, 2.24) is 0 Å². The van der Waals surface area contributed by atoms with E-state index in [1.807, 2.05) is 17.8 Å². The first-order valence-corrected chi connectivity index (χ1v) is 9.50. The van der Waals surface area contributed by atoms with Gasteiger partial charge in [0.05, 0.1) is 5.16 Å². The fraction of sp³-hybridized carbons (Fsp3) is 0.167. The molecule has 0 amide bonds.